The van der Waals surface area contributed by atoms with Crippen molar-refractivity contribution in [3.05, 3.63) is 12.2 Å². The van der Waals surface area contributed by atoms with E-state index in [0.29, 0.717) is 6.42 Å². The van der Waals surface area contributed by atoms with E-state index >= 15 is 0 Å². The number of carbonyl (C=O) groups is 2. The Bertz CT molecular complexity index is 338. The summed E-state index contributed by atoms with van der Waals surface area (Å²) < 4.78 is 5.05. The zero-order valence-corrected chi connectivity index (χ0v) is 9.45. The standard InChI is InChI=1S/C11H15NO4/c1-8(7-9(13)14)10(15)16-11(2,3)5-4-6-12/h1,4-5,7H2,2-3H3,(H,13,14). The topological polar surface area (TPSA) is 87.4 Å². The molecule has 5 nitrogen and oxygen atoms in total. The summed E-state index contributed by atoms with van der Waals surface area (Å²) in [6.07, 6.45) is 0.231. The third-order valence-corrected chi connectivity index (χ3v) is 1.86. The lowest BCUT2D eigenvalue weighted by molar-refractivity contribution is -0.153. The third kappa shape index (κ3) is 5.81. The summed E-state index contributed by atoms with van der Waals surface area (Å²) in [6, 6.07) is 1.95. The highest BCUT2D eigenvalue weighted by Gasteiger charge is 2.24. The van der Waals surface area contributed by atoms with E-state index in [1.807, 2.05) is 6.07 Å². The zero-order valence-electron chi connectivity index (χ0n) is 9.45. The van der Waals surface area contributed by atoms with Crippen molar-refractivity contribution < 1.29 is 19.4 Å². The molecule has 0 unspecified atom stereocenters. The number of aliphatic carboxylic acids is 1. The van der Waals surface area contributed by atoms with Crippen LogP contribution in [0.25, 0.3) is 0 Å². The molecule has 1 N–H and O–H groups in total. The van der Waals surface area contributed by atoms with Gasteiger partial charge in [0.2, 0.25) is 0 Å². The predicted octanol–water partition coefficient (Wildman–Crippen LogP) is 1.64. The van der Waals surface area contributed by atoms with Gasteiger partial charge in [0.25, 0.3) is 0 Å². The molecule has 0 aliphatic heterocycles. The number of hydrogen-bond acceptors (Lipinski definition) is 4. The first-order valence-corrected chi connectivity index (χ1v) is 4.78. The van der Waals surface area contributed by atoms with Gasteiger partial charge >= 0.3 is 11.9 Å². The van der Waals surface area contributed by atoms with Crippen LogP contribution >= 0.6 is 0 Å². The van der Waals surface area contributed by atoms with Crippen LogP contribution in [0.2, 0.25) is 0 Å². The van der Waals surface area contributed by atoms with Crippen LogP contribution in [-0.2, 0) is 14.3 Å². The van der Waals surface area contributed by atoms with Gasteiger partial charge < -0.3 is 9.84 Å². The molecule has 0 spiro atoms. The van der Waals surface area contributed by atoms with Crippen LogP contribution in [0.1, 0.15) is 33.1 Å². The van der Waals surface area contributed by atoms with Gasteiger partial charge in [-0.15, -0.1) is 0 Å². The number of ether oxygens (including phenoxy) is 1. The second-order valence-electron chi connectivity index (χ2n) is 3.98. The van der Waals surface area contributed by atoms with Crippen molar-refractivity contribution >= 4 is 11.9 Å². The first-order valence-electron chi connectivity index (χ1n) is 4.78. The van der Waals surface area contributed by atoms with Gasteiger partial charge in [-0.2, -0.15) is 5.26 Å². The summed E-state index contributed by atoms with van der Waals surface area (Å²) in [7, 11) is 0. The van der Waals surface area contributed by atoms with Gasteiger partial charge in [0.15, 0.2) is 0 Å². The Kier molecular flexibility index (Phi) is 5.23. The fourth-order valence-electron chi connectivity index (χ4n) is 0.986. The predicted molar refractivity (Wildman–Crippen MR) is 56.4 cm³/mol. The molecule has 0 aliphatic rings. The van der Waals surface area contributed by atoms with Crippen molar-refractivity contribution in [1.29, 1.82) is 5.26 Å². The molecule has 0 amide bonds. The average molecular weight is 225 g/mol. The molecule has 0 fully saturated rings. The van der Waals surface area contributed by atoms with Crippen molar-refractivity contribution in [3.8, 4) is 6.07 Å². The Labute approximate surface area is 94.3 Å². The van der Waals surface area contributed by atoms with Gasteiger partial charge in [0, 0.05) is 12.0 Å². The number of carboxylic acids is 1. The van der Waals surface area contributed by atoms with Crippen LogP contribution < -0.4 is 0 Å². The maximum atomic E-state index is 11.4. The SMILES string of the molecule is C=C(CC(=O)O)C(=O)OC(C)(C)CCC#N. The lowest BCUT2D eigenvalue weighted by Crippen LogP contribution is -2.28. The van der Waals surface area contributed by atoms with E-state index in [2.05, 4.69) is 6.58 Å². The molecular formula is C11H15NO4. The number of rotatable bonds is 6. The van der Waals surface area contributed by atoms with E-state index < -0.39 is 24.0 Å². The van der Waals surface area contributed by atoms with Gasteiger partial charge in [-0.3, -0.25) is 4.79 Å². The van der Waals surface area contributed by atoms with Crippen molar-refractivity contribution in [2.45, 2.75) is 38.7 Å². The smallest absolute Gasteiger partial charge is 0.334 e. The molecule has 5 heteroatoms. The van der Waals surface area contributed by atoms with Crippen molar-refractivity contribution in [3.63, 3.8) is 0 Å². The molecule has 0 aromatic heterocycles. The minimum absolute atomic E-state index is 0.0995. The van der Waals surface area contributed by atoms with Crippen LogP contribution in [0.3, 0.4) is 0 Å². The molecule has 0 aliphatic carbocycles. The lowest BCUT2D eigenvalue weighted by atomic mass is 10.0. The first-order chi connectivity index (χ1) is 7.28. The third-order valence-electron chi connectivity index (χ3n) is 1.86. The summed E-state index contributed by atoms with van der Waals surface area (Å²) in [6.45, 7) is 6.66. The van der Waals surface area contributed by atoms with Gasteiger partial charge in [0.05, 0.1) is 12.5 Å². The molecule has 0 radical (unpaired) electrons. The van der Waals surface area contributed by atoms with E-state index in [1.165, 1.54) is 0 Å². The molecule has 0 aromatic rings. The summed E-state index contributed by atoms with van der Waals surface area (Å²) >= 11 is 0. The van der Waals surface area contributed by atoms with Crippen LogP contribution in [0.15, 0.2) is 12.2 Å². The fourth-order valence-corrected chi connectivity index (χ4v) is 0.986. The van der Waals surface area contributed by atoms with E-state index in [-0.39, 0.29) is 12.0 Å². The van der Waals surface area contributed by atoms with Gasteiger partial charge in [-0.05, 0) is 20.3 Å². The summed E-state index contributed by atoms with van der Waals surface area (Å²) in [5.41, 5.74) is -0.883. The second kappa shape index (κ2) is 5.91. The van der Waals surface area contributed by atoms with Gasteiger partial charge in [-0.1, -0.05) is 6.58 Å². The van der Waals surface area contributed by atoms with Crippen LogP contribution in [0, 0.1) is 11.3 Å². The molecule has 0 bridgehead atoms. The minimum atomic E-state index is -1.13. The summed E-state index contributed by atoms with van der Waals surface area (Å²) in [4.78, 5) is 21.7. The highest BCUT2D eigenvalue weighted by molar-refractivity contribution is 5.93. The van der Waals surface area contributed by atoms with Crippen LogP contribution in [0.4, 0.5) is 0 Å². The van der Waals surface area contributed by atoms with Crippen molar-refractivity contribution in [1.82, 2.24) is 0 Å². The van der Waals surface area contributed by atoms with Crippen LogP contribution in [0.5, 0.6) is 0 Å². The second-order valence-corrected chi connectivity index (χ2v) is 3.98. The fraction of sp³-hybridized carbons (Fsp3) is 0.545. The quantitative estimate of drug-likeness (QED) is 0.548. The molecule has 0 rings (SSSR count). The lowest BCUT2D eigenvalue weighted by Gasteiger charge is -2.24. The number of carbonyl (C=O) groups excluding carboxylic acids is 1. The number of nitrogens with zero attached hydrogens (tertiary/aromatic N) is 1. The number of carboxylic acid groups (broad SMARTS) is 1. The maximum Gasteiger partial charge on any atom is 0.334 e. The Morgan fingerprint density at radius 3 is 2.50 bits per heavy atom. The summed E-state index contributed by atoms with van der Waals surface area (Å²) in [5, 5.41) is 16.9. The molecule has 0 heterocycles. The number of esters is 1. The Morgan fingerprint density at radius 2 is 2.06 bits per heavy atom. The molecule has 88 valence electrons. The number of nitriles is 1. The highest BCUT2D eigenvalue weighted by Crippen LogP contribution is 2.18. The minimum Gasteiger partial charge on any atom is -0.481 e. The molecule has 0 saturated carbocycles. The molecular weight excluding hydrogens is 210 g/mol. The average Bonchev–Trinajstić information content (AvgIpc) is 2.13. The normalized spacial score (nSPS) is 10.3. The Morgan fingerprint density at radius 1 is 1.50 bits per heavy atom. The zero-order chi connectivity index (χ0) is 12.8. The molecule has 0 saturated heterocycles. The van der Waals surface area contributed by atoms with Crippen molar-refractivity contribution in [2.75, 3.05) is 0 Å². The molecule has 0 atom stereocenters. The van der Waals surface area contributed by atoms with E-state index in [1.54, 1.807) is 13.8 Å². The molecule has 0 aromatic carbocycles. The largest absolute Gasteiger partial charge is 0.481 e. The highest BCUT2D eigenvalue weighted by atomic mass is 16.6. The monoisotopic (exact) mass is 225 g/mol. The molecule has 16 heavy (non-hydrogen) atoms. The Balaban J connectivity index is 4.28. The maximum absolute atomic E-state index is 11.4. The van der Waals surface area contributed by atoms with E-state index in [9.17, 15) is 9.59 Å². The Hall–Kier alpha value is -1.83. The van der Waals surface area contributed by atoms with Gasteiger partial charge in [-0.25, -0.2) is 4.79 Å². The first kappa shape index (κ1) is 14.2. The number of hydrogen-bond donors (Lipinski definition) is 1. The van der Waals surface area contributed by atoms with Crippen LogP contribution in [-0.4, -0.2) is 22.6 Å². The van der Waals surface area contributed by atoms with Gasteiger partial charge in [0.1, 0.15) is 5.60 Å². The van der Waals surface area contributed by atoms with E-state index in [4.69, 9.17) is 15.1 Å². The summed E-state index contributed by atoms with van der Waals surface area (Å²) in [5.74, 6) is -1.86. The van der Waals surface area contributed by atoms with E-state index in [0.717, 1.165) is 0 Å². The van der Waals surface area contributed by atoms with Crippen molar-refractivity contribution in [2.24, 2.45) is 0 Å².